The van der Waals surface area contributed by atoms with E-state index in [0.29, 0.717) is 19.6 Å². The van der Waals surface area contributed by atoms with E-state index in [1.54, 1.807) is 6.92 Å². The summed E-state index contributed by atoms with van der Waals surface area (Å²) < 4.78 is 12.0. The number of nitrogens with two attached hydrogens (primary N) is 1. The van der Waals surface area contributed by atoms with Crippen molar-refractivity contribution in [3.8, 4) is 5.75 Å². The Morgan fingerprint density at radius 3 is 2.73 bits per heavy atom. The standard InChI is InChI=1S/C15H20N4O3/c1-3-21-15(20)13-14(16)19(18-17-13)9-4-10-22-12-7-5-11(2)6-8-12/h5-8H,3-4,9-10,16H2,1-2H3. The minimum Gasteiger partial charge on any atom is -0.494 e. The van der Waals surface area contributed by atoms with Crippen molar-refractivity contribution < 1.29 is 14.3 Å². The average molecular weight is 304 g/mol. The van der Waals surface area contributed by atoms with Crippen molar-refractivity contribution >= 4 is 11.8 Å². The van der Waals surface area contributed by atoms with Crippen LogP contribution < -0.4 is 10.5 Å². The summed E-state index contributed by atoms with van der Waals surface area (Å²) in [5.41, 5.74) is 7.09. The first-order valence-corrected chi connectivity index (χ1v) is 7.17. The van der Waals surface area contributed by atoms with Gasteiger partial charge in [0.05, 0.1) is 13.2 Å². The monoisotopic (exact) mass is 304 g/mol. The fourth-order valence-electron chi connectivity index (χ4n) is 1.87. The van der Waals surface area contributed by atoms with Gasteiger partial charge in [-0.3, -0.25) is 0 Å². The maximum absolute atomic E-state index is 11.6. The molecule has 0 aliphatic carbocycles. The van der Waals surface area contributed by atoms with Gasteiger partial charge < -0.3 is 15.2 Å². The van der Waals surface area contributed by atoms with Gasteiger partial charge in [0.25, 0.3) is 0 Å². The van der Waals surface area contributed by atoms with Crippen molar-refractivity contribution in [3.05, 3.63) is 35.5 Å². The first-order chi connectivity index (χ1) is 10.6. The maximum atomic E-state index is 11.6. The summed E-state index contributed by atoms with van der Waals surface area (Å²) in [5.74, 6) is 0.486. The van der Waals surface area contributed by atoms with Crippen LogP contribution in [0.15, 0.2) is 24.3 Å². The lowest BCUT2D eigenvalue weighted by Crippen LogP contribution is -2.11. The minimum atomic E-state index is -0.554. The Kier molecular flexibility index (Phi) is 5.35. The van der Waals surface area contributed by atoms with E-state index in [-0.39, 0.29) is 18.1 Å². The first kappa shape index (κ1) is 15.8. The molecule has 0 saturated heterocycles. The number of anilines is 1. The lowest BCUT2D eigenvalue weighted by atomic mass is 10.2. The molecule has 0 spiro atoms. The molecule has 0 atom stereocenters. The second-order valence-corrected chi connectivity index (χ2v) is 4.78. The molecule has 2 N–H and O–H groups in total. The molecule has 0 unspecified atom stereocenters. The van der Waals surface area contributed by atoms with Gasteiger partial charge in [-0.15, -0.1) is 5.10 Å². The lowest BCUT2D eigenvalue weighted by Gasteiger charge is -2.07. The van der Waals surface area contributed by atoms with Crippen molar-refractivity contribution in [2.75, 3.05) is 18.9 Å². The zero-order valence-corrected chi connectivity index (χ0v) is 12.8. The van der Waals surface area contributed by atoms with Crippen LogP contribution in [0, 0.1) is 6.92 Å². The van der Waals surface area contributed by atoms with E-state index in [2.05, 4.69) is 10.3 Å². The van der Waals surface area contributed by atoms with Crippen LogP contribution in [0.25, 0.3) is 0 Å². The molecule has 0 saturated carbocycles. The van der Waals surface area contributed by atoms with E-state index in [4.69, 9.17) is 15.2 Å². The number of nitrogen functional groups attached to an aromatic ring is 1. The summed E-state index contributed by atoms with van der Waals surface area (Å²) in [6.07, 6.45) is 0.698. The van der Waals surface area contributed by atoms with Crippen LogP contribution in [0.5, 0.6) is 5.75 Å². The Morgan fingerprint density at radius 2 is 2.05 bits per heavy atom. The molecule has 0 aliphatic heterocycles. The molecule has 0 fully saturated rings. The van der Waals surface area contributed by atoms with Gasteiger partial charge in [0.2, 0.25) is 5.69 Å². The van der Waals surface area contributed by atoms with Gasteiger partial charge in [0.15, 0.2) is 5.82 Å². The topological polar surface area (TPSA) is 92.3 Å². The summed E-state index contributed by atoms with van der Waals surface area (Å²) in [7, 11) is 0. The number of carbonyl (C=O) groups excluding carboxylic acids is 1. The van der Waals surface area contributed by atoms with Crippen molar-refractivity contribution in [2.45, 2.75) is 26.8 Å². The number of ether oxygens (including phenoxy) is 2. The number of esters is 1. The normalized spacial score (nSPS) is 10.5. The molecule has 2 aromatic rings. The van der Waals surface area contributed by atoms with Gasteiger partial charge in [0, 0.05) is 13.0 Å². The SMILES string of the molecule is CCOC(=O)c1nnn(CCCOc2ccc(C)cc2)c1N. The molecule has 22 heavy (non-hydrogen) atoms. The van der Waals surface area contributed by atoms with Crippen molar-refractivity contribution in [1.29, 1.82) is 0 Å². The van der Waals surface area contributed by atoms with E-state index in [0.717, 1.165) is 5.75 Å². The van der Waals surface area contributed by atoms with Gasteiger partial charge in [-0.25, -0.2) is 9.48 Å². The molecule has 0 radical (unpaired) electrons. The fourth-order valence-corrected chi connectivity index (χ4v) is 1.87. The summed E-state index contributed by atoms with van der Waals surface area (Å²) in [4.78, 5) is 11.6. The Labute approximate surface area is 129 Å². The zero-order chi connectivity index (χ0) is 15.9. The van der Waals surface area contributed by atoms with Crippen LogP contribution in [0.3, 0.4) is 0 Å². The van der Waals surface area contributed by atoms with Crippen molar-refractivity contribution in [3.63, 3.8) is 0 Å². The third kappa shape index (κ3) is 3.97. The molecule has 118 valence electrons. The van der Waals surface area contributed by atoms with E-state index >= 15 is 0 Å². The minimum absolute atomic E-state index is 0.0568. The predicted octanol–water partition coefficient (Wildman–Crippen LogP) is 1.81. The van der Waals surface area contributed by atoms with Gasteiger partial charge in [-0.05, 0) is 26.0 Å². The second-order valence-electron chi connectivity index (χ2n) is 4.78. The molecule has 7 nitrogen and oxygen atoms in total. The lowest BCUT2D eigenvalue weighted by molar-refractivity contribution is 0.0520. The largest absolute Gasteiger partial charge is 0.494 e. The Bertz CT molecular complexity index is 622. The van der Waals surface area contributed by atoms with Gasteiger partial charge in [0.1, 0.15) is 5.75 Å². The molecule has 1 heterocycles. The van der Waals surface area contributed by atoms with Crippen molar-refractivity contribution in [2.24, 2.45) is 0 Å². The number of benzene rings is 1. The Morgan fingerprint density at radius 1 is 1.32 bits per heavy atom. The number of carbonyl (C=O) groups is 1. The molecule has 7 heteroatoms. The number of rotatable bonds is 7. The number of aromatic nitrogens is 3. The molecular weight excluding hydrogens is 284 g/mol. The number of hydrogen-bond acceptors (Lipinski definition) is 6. The van der Waals surface area contributed by atoms with Crippen LogP contribution in [-0.2, 0) is 11.3 Å². The molecule has 1 aromatic carbocycles. The van der Waals surface area contributed by atoms with Crippen molar-refractivity contribution in [1.82, 2.24) is 15.0 Å². The Balaban J connectivity index is 1.82. The summed E-state index contributed by atoms with van der Waals surface area (Å²) >= 11 is 0. The summed E-state index contributed by atoms with van der Waals surface area (Å²) in [6.45, 7) is 5.07. The highest BCUT2D eigenvalue weighted by atomic mass is 16.5. The van der Waals surface area contributed by atoms with Gasteiger partial charge >= 0.3 is 5.97 Å². The molecule has 0 amide bonds. The summed E-state index contributed by atoms with van der Waals surface area (Å²) in [6, 6.07) is 7.85. The highest BCUT2D eigenvalue weighted by Gasteiger charge is 2.18. The maximum Gasteiger partial charge on any atom is 0.362 e. The molecule has 0 aliphatic rings. The van der Waals surface area contributed by atoms with Crippen LogP contribution >= 0.6 is 0 Å². The van der Waals surface area contributed by atoms with Crippen LogP contribution in [0.4, 0.5) is 5.82 Å². The quantitative estimate of drug-likeness (QED) is 0.619. The predicted molar refractivity (Wildman–Crippen MR) is 81.7 cm³/mol. The first-order valence-electron chi connectivity index (χ1n) is 7.17. The molecular formula is C15H20N4O3. The highest BCUT2D eigenvalue weighted by molar-refractivity contribution is 5.91. The molecule has 0 bridgehead atoms. The fraction of sp³-hybridized carbons (Fsp3) is 0.400. The van der Waals surface area contributed by atoms with E-state index in [1.807, 2.05) is 31.2 Å². The van der Waals surface area contributed by atoms with E-state index in [9.17, 15) is 4.79 Å². The number of nitrogens with zero attached hydrogens (tertiary/aromatic N) is 3. The average Bonchev–Trinajstić information content (AvgIpc) is 2.87. The van der Waals surface area contributed by atoms with Gasteiger partial charge in [-0.2, -0.15) is 0 Å². The van der Waals surface area contributed by atoms with Crippen LogP contribution in [-0.4, -0.2) is 34.2 Å². The van der Waals surface area contributed by atoms with E-state index in [1.165, 1.54) is 10.2 Å². The van der Waals surface area contributed by atoms with Crippen LogP contribution in [0.1, 0.15) is 29.4 Å². The smallest absolute Gasteiger partial charge is 0.362 e. The highest BCUT2D eigenvalue weighted by Crippen LogP contribution is 2.13. The second kappa shape index (κ2) is 7.44. The Hall–Kier alpha value is -2.57. The molecule has 1 aromatic heterocycles. The number of hydrogen-bond donors (Lipinski definition) is 1. The van der Waals surface area contributed by atoms with Gasteiger partial charge in [-0.1, -0.05) is 22.9 Å². The third-order valence-corrected chi connectivity index (χ3v) is 3.05. The third-order valence-electron chi connectivity index (χ3n) is 3.05. The number of aryl methyl sites for hydroxylation is 2. The summed E-state index contributed by atoms with van der Waals surface area (Å²) in [5, 5.41) is 7.61. The molecule has 2 rings (SSSR count). The van der Waals surface area contributed by atoms with Crippen LogP contribution in [0.2, 0.25) is 0 Å². The van der Waals surface area contributed by atoms with E-state index < -0.39 is 5.97 Å². The zero-order valence-electron chi connectivity index (χ0n) is 12.8.